The van der Waals surface area contributed by atoms with Gasteiger partial charge in [-0.2, -0.15) is 0 Å². The highest BCUT2D eigenvalue weighted by atomic mass is 32.2. The van der Waals surface area contributed by atoms with Crippen LogP contribution in [0.5, 0.6) is 0 Å². The summed E-state index contributed by atoms with van der Waals surface area (Å²) in [6, 6.07) is 3.78. The molecule has 6 heteroatoms. The number of rotatable bonds is 5. The Labute approximate surface area is 105 Å². The van der Waals surface area contributed by atoms with Gasteiger partial charge in [-0.15, -0.1) is 11.3 Å². The molecule has 0 aromatic carbocycles. The van der Waals surface area contributed by atoms with Gasteiger partial charge in [0.25, 0.3) is 0 Å². The van der Waals surface area contributed by atoms with E-state index < -0.39 is 10.0 Å². The van der Waals surface area contributed by atoms with Gasteiger partial charge in [-0.05, 0) is 30.2 Å². The maximum absolute atomic E-state index is 11.6. The second kappa shape index (κ2) is 4.78. The molecule has 0 aliphatic heterocycles. The molecule has 1 aliphatic carbocycles. The van der Waals surface area contributed by atoms with E-state index in [1.54, 1.807) is 0 Å². The fourth-order valence-corrected chi connectivity index (χ4v) is 3.54. The van der Waals surface area contributed by atoms with Crippen LogP contribution in [-0.2, 0) is 21.2 Å². The zero-order valence-electron chi connectivity index (χ0n) is 9.55. The first-order valence-corrected chi connectivity index (χ1v) is 8.08. The molecular formula is C11H15NO3S2. The van der Waals surface area contributed by atoms with E-state index >= 15 is 0 Å². The van der Waals surface area contributed by atoms with Crippen molar-refractivity contribution in [1.29, 1.82) is 0 Å². The minimum atomic E-state index is -3.48. The first-order valence-electron chi connectivity index (χ1n) is 5.54. The van der Waals surface area contributed by atoms with Crippen LogP contribution in [0.3, 0.4) is 0 Å². The lowest BCUT2D eigenvalue weighted by molar-refractivity contribution is -0.120. The van der Waals surface area contributed by atoms with Gasteiger partial charge in [0.05, 0.1) is 5.75 Å². The summed E-state index contributed by atoms with van der Waals surface area (Å²) >= 11 is 1.52. The maximum atomic E-state index is 11.6. The van der Waals surface area contributed by atoms with Gasteiger partial charge in [-0.1, -0.05) is 13.0 Å². The number of amides is 1. The SMILES string of the molecule is C[C@H]1C[C@H]1C(=O)NS(=O)(=O)CCc1cccs1. The predicted octanol–water partition coefficient (Wildman–Crippen LogP) is 1.39. The van der Waals surface area contributed by atoms with Crippen LogP contribution >= 0.6 is 11.3 Å². The summed E-state index contributed by atoms with van der Waals surface area (Å²) in [6.45, 7) is 1.95. The van der Waals surface area contributed by atoms with Crippen LogP contribution in [0.25, 0.3) is 0 Å². The van der Waals surface area contributed by atoms with Crippen molar-refractivity contribution in [2.24, 2.45) is 11.8 Å². The highest BCUT2D eigenvalue weighted by molar-refractivity contribution is 7.90. The minimum absolute atomic E-state index is 0.0274. The van der Waals surface area contributed by atoms with E-state index in [0.717, 1.165) is 11.3 Å². The van der Waals surface area contributed by atoms with Crippen molar-refractivity contribution in [1.82, 2.24) is 4.72 Å². The molecule has 0 unspecified atom stereocenters. The molecule has 2 atom stereocenters. The van der Waals surface area contributed by atoms with Crippen LogP contribution < -0.4 is 4.72 Å². The number of aryl methyl sites for hydroxylation is 1. The summed E-state index contributed by atoms with van der Waals surface area (Å²) in [5.74, 6) is -0.155. The Morgan fingerprint density at radius 2 is 2.29 bits per heavy atom. The Hall–Kier alpha value is -0.880. The molecule has 1 fully saturated rings. The van der Waals surface area contributed by atoms with Gasteiger partial charge >= 0.3 is 0 Å². The van der Waals surface area contributed by atoms with Crippen LogP contribution in [0.1, 0.15) is 18.2 Å². The van der Waals surface area contributed by atoms with E-state index in [0.29, 0.717) is 12.3 Å². The van der Waals surface area contributed by atoms with E-state index in [-0.39, 0.29) is 17.6 Å². The third-order valence-electron chi connectivity index (χ3n) is 2.90. The van der Waals surface area contributed by atoms with Crippen molar-refractivity contribution in [3.63, 3.8) is 0 Å². The molecule has 0 radical (unpaired) electrons. The van der Waals surface area contributed by atoms with E-state index in [9.17, 15) is 13.2 Å². The zero-order chi connectivity index (χ0) is 12.5. The molecular weight excluding hydrogens is 258 g/mol. The topological polar surface area (TPSA) is 63.2 Å². The van der Waals surface area contributed by atoms with E-state index in [1.807, 2.05) is 24.4 Å². The minimum Gasteiger partial charge on any atom is -0.274 e. The molecule has 1 saturated carbocycles. The predicted molar refractivity (Wildman–Crippen MR) is 67.2 cm³/mol. The smallest absolute Gasteiger partial charge is 0.236 e. The van der Waals surface area contributed by atoms with Crippen molar-refractivity contribution >= 4 is 27.3 Å². The van der Waals surface area contributed by atoms with Crippen LogP contribution in [0.2, 0.25) is 0 Å². The molecule has 1 heterocycles. The molecule has 1 aromatic rings. The summed E-state index contributed by atoms with van der Waals surface area (Å²) in [5, 5.41) is 1.91. The third-order valence-corrected chi connectivity index (χ3v) is 5.09. The Kier molecular flexibility index (Phi) is 3.53. The quantitative estimate of drug-likeness (QED) is 0.882. The number of sulfonamides is 1. The third kappa shape index (κ3) is 3.54. The molecule has 1 N–H and O–H groups in total. The molecule has 1 amide bonds. The molecule has 2 rings (SSSR count). The number of thiophene rings is 1. The van der Waals surface area contributed by atoms with Gasteiger partial charge in [0.15, 0.2) is 0 Å². The summed E-state index contributed by atoms with van der Waals surface area (Å²) in [5.41, 5.74) is 0. The summed E-state index contributed by atoms with van der Waals surface area (Å²) in [4.78, 5) is 12.5. The van der Waals surface area contributed by atoms with Crippen molar-refractivity contribution in [2.75, 3.05) is 5.75 Å². The summed E-state index contributed by atoms with van der Waals surface area (Å²) in [6.07, 6.45) is 1.26. The Morgan fingerprint density at radius 1 is 1.59 bits per heavy atom. The Morgan fingerprint density at radius 3 is 2.82 bits per heavy atom. The monoisotopic (exact) mass is 273 g/mol. The molecule has 0 bridgehead atoms. The Balaban J connectivity index is 1.84. The highest BCUT2D eigenvalue weighted by Crippen LogP contribution is 2.37. The van der Waals surface area contributed by atoms with Crippen LogP contribution in [0, 0.1) is 11.8 Å². The van der Waals surface area contributed by atoms with Crippen LogP contribution in [0.15, 0.2) is 17.5 Å². The molecule has 4 nitrogen and oxygen atoms in total. The van der Waals surface area contributed by atoms with Crippen LogP contribution in [0.4, 0.5) is 0 Å². The van der Waals surface area contributed by atoms with Crippen molar-refractivity contribution < 1.29 is 13.2 Å². The lowest BCUT2D eigenvalue weighted by Crippen LogP contribution is -2.34. The summed E-state index contributed by atoms with van der Waals surface area (Å²) in [7, 11) is -3.48. The molecule has 0 saturated heterocycles. The number of carbonyl (C=O) groups is 1. The molecule has 1 aromatic heterocycles. The average Bonchev–Trinajstić information content (AvgIpc) is 2.79. The fourth-order valence-electron chi connectivity index (χ4n) is 1.66. The van der Waals surface area contributed by atoms with E-state index in [2.05, 4.69) is 4.72 Å². The van der Waals surface area contributed by atoms with Gasteiger partial charge in [-0.3, -0.25) is 9.52 Å². The van der Waals surface area contributed by atoms with E-state index in [4.69, 9.17) is 0 Å². The van der Waals surface area contributed by atoms with Crippen molar-refractivity contribution in [2.45, 2.75) is 19.8 Å². The van der Waals surface area contributed by atoms with Crippen molar-refractivity contribution in [3.8, 4) is 0 Å². The van der Waals surface area contributed by atoms with Gasteiger partial charge in [0.2, 0.25) is 15.9 Å². The number of nitrogens with one attached hydrogen (secondary N) is 1. The standard InChI is InChI=1S/C11H15NO3S2/c1-8-7-10(8)11(13)12-17(14,15)6-4-9-3-2-5-16-9/h2-3,5,8,10H,4,6-7H2,1H3,(H,12,13)/t8-,10+/m0/s1. The summed E-state index contributed by atoms with van der Waals surface area (Å²) < 4.78 is 25.4. The Bertz CT molecular complexity index is 493. The first kappa shape index (κ1) is 12.6. The van der Waals surface area contributed by atoms with Crippen molar-refractivity contribution in [3.05, 3.63) is 22.4 Å². The van der Waals surface area contributed by atoms with Gasteiger partial charge in [0.1, 0.15) is 0 Å². The van der Waals surface area contributed by atoms with Crippen LogP contribution in [-0.4, -0.2) is 20.1 Å². The molecule has 17 heavy (non-hydrogen) atoms. The normalized spacial score (nSPS) is 23.4. The molecule has 0 spiro atoms. The highest BCUT2D eigenvalue weighted by Gasteiger charge is 2.40. The lowest BCUT2D eigenvalue weighted by Gasteiger charge is -2.05. The van der Waals surface area contributed by atoms with Gasteiger partial charge in [-0.25, -0.2) is 8.42 Å². The van der Waals surface area contributed by atoms with Gasteiger partial charge < -0.3 is 0 Å². The van der Waals surface area contributed by atoms with Gasteiger partial charge in [0, 0.05) is 10.8 Å². The lowest BCUT2D eigenvalue weighted by atomic mass is 10.3. The number of carbonyl (C=O) groups excluding carboxylic acids is 1. The zero-order valence-corrected chi connectivity index (χ0v) is 11.2. The molecule has 1 aliphatic rings. The molecule has 94 valence electrons. The van der Waals surface area contributed by atoms with E-state index in [1.165, 1.54) is 11.3 Å². The fraction of sp³-hybridized carbons (Fsp3) is 0.545. The second-order valence-corrected chi connectivity index (χ2v) is 7.31. The number of hydrogen-bond donors (Lipinski definition) is 1. The number of hydrogen-bond acceptors (Lipinski definition) is 4. The second-order valence-electron chi connectivity index (χ2n) is 4.43. The largest absolute Gasteiger partial charge is 0.274 e. The maximum Gasteiger partial charge on any atom is 0.236 e. The first-order chi connectivity index (χ1) is 7.98. The average molecular weight is 273 g/mol.